The maximum absolute atomic E-state index is 11.0. The van der Waals surface area contributed by atoms with Crippen LogP contribution >= 0.6 is 0 Å². The molecule has 0 unspecified atom stereocenters. The lowest BCUT2D eigenvalue weighted by molar-refractivity contribution is -0.137. The molecule has 104 valence electrons. The lowest BCUT2D eigenvalue weighted by Gasteiger charge is -2.09. The predicted molar refractivity (Wildman–Crippen MR) is 72.6 cm³/mol. The van der Waals surface area contributed by atoms with Crippen LogP contribution in [0.5, 0.6) is 0 Å². The molecule has 1 rings (SSSR count). The van der Waals surface area contributed by atoms with Gasteiger partial charge in [0.1, 0.15) is 0 Å². The molecule has 0 aliphatic carbocycles. The van der Waals surface area contributed by atoms with Crippen molar-refractivity contribution in [1.82, 2.24) is 0 Å². The maximum atomic E-state index is 11.0. The van der Waals surface area contributed by atoms with Gasteiger partial charge in [-0.15, -0.1) is 0 Å². The van der Waals surface area contributed by atoms with Crippen molar-refractivity contribution in [2.24, 2.45) is 0 Å². The highest BCUT2D eigenvalue weighted by atomic mass is 16.4. The minimum atomic E-state index is -0.940. The lowest BCUT2D eigenvalue weighted by atomic mass is 10.1. The summed E-state index contributed by atoms with van der Waals surface area (Å²) in [5.41, 5.74) is 0.897. The Bertz CT molecular complexity index is 431. The normalized spacial score (nSPS) is 10.1. The van der Waals surface area contributed by atoms with Crippen LogP contribution in [-0.4, -0.2) is 28.7 Å². The van der Waals surface area contributed by atoms with Gasteiger partial charge in [0, 0.05) is 18.7 Å². The molecule has 5 nitrogen and oxygen atoms in total. The van der Waals surface area contributed by atoms with E-state index in [1.807, 2.05) is 0 Å². The van der Waals surface area contributed by atoms with Crippen LogP contribution in [0.4, 0.5) is 5.69 Å². The zero-order chi connectivity index (χ0) is 14.1. The number of anilines is 1. The SMILES string of the molecule is O=C(O)CCCCCCNc1ccccc1C(=O)O. The van der Waals surface area contributed by atoms with Crippen LogP contribution in [0.2, 0.25) is 0 Å². The van der Waals surface area contributed by atoms with Crippen LogP contribution in [-0.2, 0) is 4.79 Å². The summed E-state index contributed by atoms with van der Waals surface area (Å²) in [7, 11) is 0. The largest absolute Gasteiger partial charge is 0.481 e. The van der Waals surface area contributed by atoms with Gasteiger partial charge in [0.05, 0.1) is 5.56 Å². The van der Waals surface area contributed by atoms with Crippen LogP contribution in [0, 0.1) is 0 Å². The molecule has 0 aromatic heterocycles. The van der Waals surface area contributed by atoms with Crippen molar-refractivity contribution in [2.75, 3.05) is 11.9 Å². The molecule has 0 saturated heterocycles. The second kappa shape index (κ2) is 8.13. The quantitative estimate of drug-likeness (QED) is 0.598. The molecule has 19 heavy (non-hydrogen) atoms. The first-order valence-corrected chi connectivity index (χ1v) is 6.39. The Hall–Kier alpha value is -2.04. The summed E-state index contributed by atoms with van der Waals surface area (Å²) in [6.07, 6.45) is 3.63. The number of carboxylic acids is 2. The van der Waals surface area contributed by atoms with E-state index in [9.17, 15) is 9.59 Å². The summed E-state index contributed by atoms with van der Waals surface area (Å²) in [4.78, 5) is 21.3. The zero-order valence-corrected chi connectivity index (χ0v) is 10.8. The van der Waals surface area contributed by atoms with Crippen molar-refractivity contribution < 1.29 is 19.8 Å². The smallest absolute Gasteiger partial charge is 0.337 e. The second-order valence-corrected chi connectivity index (χ2v) is 4.34. The minimum Gasteiger partial charge on any atom is -0.481 e. The Balaban J connectivity index is 2.23. The van der Waals surface area contributed by atoms with Gasteiger partial charge in [0.15, 0.2) is 0 Å². The monoisotopic (exact) mass is 265 g/mol. The van der Waals surface area contributed by atoms with Gasteiger partial charge in [-0.25, -0.2) is 4.79 Å². The second-order valence-electron chi connectivity index (χ2n) is 4.34. The Kier molecular flexibility index (Phi) is 6.43. The van der Waals surface area contributed by atoms with Crippen LogP contribution in [0.15, 0.2) is 24.3 Å². The molecule has 0 heterocycles. The fourth-order valence-electron chi connectivity index (χ4n) is 1.80. The molecule has 5 heteroatoms. The van der Waals surface area contributed by atoms with E-state index in [4.69, 9.17) is 10.2 Å². The average Bonchev–Trinajstić information content (AvgIpc) is 2.37. The molecule has 0 spiro atoms. The van der Waals surface area contributed by atoms with Crippen molar-refractivity contribution in [1.29, 1.82) is 0 Å². The molecule has 0 aliphatic rings. The van der Waals surface area contributed by atoms with E-state index in [0.29, 0.717) is 18.7 Å². The summed E-state index contributed by atoms with van der Waals surface area (Å²) < 4.78 is 0. The summed E-state index contributed by atoms with van der Waals surface area (Å²) >= 11 is 0. The van der Waals surface area contributed by atoms with Crippen molar-refractivity contribution in [3.63, 3.8) is 0 Å². The number of para-hydroxylation sites is 1. The number of unbranched alkanes of at least 4 members (excludes halogenated alkanes) is 3. The molecular formula is C14H19NO4. The fraction of sp³-hybridized carbons (Fsp3) is 0.429. The molecule has 3 N–H and O–H groups in total. The lowest BCUT2D eigenvalue weighted by Crippen LogP contribution is -2.07. The maximum Gasteiger partial charge on any atom is 0.337 e. The number of benzene rings is 1. The van der Waals surface area contributed by atoms with Crippen molar-refractivity contribution >= 4 is 17.6 Å². The van der Waals surface area contributed by atoms with Crippen molar-refractivity contribution in [3.05, 3.63) is 29.8 Å². The highest BCUT2D eigenvalue weighted by Crippen LogP contribution is 2.15. The number of rotatable bonds is 9. The Morgan fingerprint density at radius 3 is 2.37 bits per heavy atom. The number of nitrogens with one attached hydrogen (secondary N) is 1. The third kappa shape index (κ3) is 5.90. The van der Waals surface area contributed by atoms with Crippen LogP contribution in [0.25, 0.3) is 0 Å². The van der Waals surface area contributed by atoms with Gasteiger partial charge in [-0.2, -0.15) is 0 Å². The number of hydrogen-bond acceptors (Lipinski definition) is 3. The number of carbonyl (C=O) groups is 2. The van der Waals surface area contributed by atoms with E-state index >= 15 is 0 Å². The van der Waals surface area contributed by atoms with E-state index in [1.165, 1.54) is 0 Å². The Morgan fingerprint density at radius 1 is 1.00 bits per heavy atom. The molecule has 0 radical (unpaired) electrons. The number of aromatic carboxylic acids is 1. The molecule has 0 fully saturated rings. The molecule has 1 aromatic carbocycles. The van der Waals surface area contributed by atoms with Crippen LogP contribution < -0.4 is 5.32 Å². The molecule has 0 amide bonds. The van der Waals surface area contributed by atoms with E-state index in [2.05, 4.69) is 5.32 Å². The summed E-state index contributed by atoms with van der Waals surface area (Å²) in [5, 5.41) is 20.6. The van der Waals surface area contributed by atoms with Crippen LogP contribution in [0.1, 0.15) is 42.5 Å². The summed E-state index contributed by atoms with van der Waals surface area (Å²) in [5.74, 6) is -1.70. The standard InChI is InChI=1S/C14H19NO4/c16-13(17)9-3-1-2-6-10-15-12-8-5-4-7-11(12)14(18)19/h4-5,7-8,15H,1-3,6,9-10H2,(H,16,17)(H,18,19). The zero-order valence-electron chi connectivity index (χ0n) is 10.8. The third-order valence-corrected chi connectivity index (χ3v) is 2.79. The first-order valence-electron chi connectivity index (χ1n) is 6.39. The van der Waals surface area contributed by atoms with Crippen molar-refractivity contribution in [2.45, 2.75) is 32.1 Å². The Labute approximate surface area is 112 Å². The Morgan fingerprint density at radius 2 is 1.68 bits per heavy atom. The predicted octanol–water partition coefficient (Wildman–Crippen LogP) is 2.83. The van der Waals surface area contributed by atoms with Gasteiger partial charge < -0.3 is 15.5 Å². The molecular weight excluding hydrogens is 246 g/mol. The molecule has 0 aliphatic heterocycles. The number of carboxylic acid groups (broad SMARTS) is 2. The molecule has 0 bridgehead atoms. The first kappa shape index (κ1) is 15.0. The molecule has 0 atom stereocenters. The average molecular weight is 265 g/mol. The highest BCUT2D eigenvalue weighted by Gasteiger charge is 2.07. The topological polar surface area (TPSA) is 86.6 Å². The molecule has 1 aromatic rings. The van der Waals surface area contributed by atoms with Gasteiger partial charge in [-0.1, -0.05) is 25.0 Å². The third-order valence-electron chi connectivity index (χ3n) is 2.79. The summed E-state index contributed by atoms with van der Waals surface area (Å²) in [6.45, 7) is 0.692. The van der Waals surface area contributed by atoms with Crippen LogP contribution in [0.3, 0.4) is 0 Å². The van der Waals surface area contributed by atoms with Gasteiger partial charge in [-0.3, -0.25) is 4.79 Å². The molecule has 0 saturated carbocycles. The van der Waals surface area contributed by atoms with Gasteiger partial charge in [-0.05, 0) is 25.0 Å². The summed E-state index contributed by atoms with van der Waals surface area (Å²) in [6, 6.07) is 6.80. The van der Waals surface area contributed by atoms with Gasteiger partial charge in [0.25, 0.3) is 0 Å². The highest BCUT2D eigenvalue weighted by molar-refractivity contribution is 5.94. The fourth-order valence-corrected chi connectivity index (χ4v) is 1.80. The van der Waals surface area contributed by atoms with E-state index in [0.717, 1.165) is 19.3 Å². The van der Waals surface area contributed by atoms with E-state index in [1.54, 1.807) is 24.3 Å². The van der Waals surface area contributed by atoms with E-state index < -0.39 is 11.9 Å². The number of hydrogen-bond donors (Lipinski definition) is 3. The first-order chi connectivity index (χ1) is 9.11. The van der Waals surface area contributed by atoms with Crippen molar-refractivity contribution in [3.8, 4) is 0 Å². The van der Waals surface area contributed by atoms with Gasteiger partial charge in [0.2, 0.25) is 0 Å². The van der Waals surface area contributed by atoms with Gasteiger partial charge >= 0.3 is 11.9 Å². The van der Waals surface area contributed by atoms with E-state index in [-0.39, 0.29) is 12.0 Å². The number of aliphatic carboxylic acids is 1. The minimum absolute atomic E-state index is 0.218.